The van der Waals surface area contributed by atoms with E-state index in [-0.39, 0.29) is 12.5 Å². The van der Waals surface area contributed by atoms with Crippen LogP contribution in [-0.4, -0.2) is 24.6 Å². The van der Waals surface area contributed by atoms with Gasteiger partial charge in [0, 0.05) is 13.3 Å². The Balaban J connectivity index is 2.60. The molecule has 0 saturated carbocycles. The molecule has 4 nitrogen and oxygen atoms in total. The first-order chi connectivity index (χ1) is 7.13. The van der Waals surface area contributed by atoms with Gasteiger partial charge in [-0.1, -0.05) is 19.9 Å². The van der Waals surface area contributed by atoms with Gasteiger partial charge in [-0.25, -0.2) is 4.98 Å². The Kier molecular flexibility index (Phi) is 4.24. The Morgan fingerprint density at radius 2 is 2.27 bits per heavy atom. The molecule has 0 aliphatic heterocycles. The normalized spacial score (nSPS) is 10.4. The van der Waals surface area contributed by atoms with Gasteiger partial charge in [0.25, 0.3) is 5.91 Å². The summed E-state index contributed by atoms with van der Waals surface area (Å²) in [6.45, 7) is 4.24. The maximum atomic E-state index is 11.2. The van der Waals surface area contributed by atoms with Crippen molar-refractivity contribution in [3.63, 3.8) is 0 Å². The number of aromatic nitrogens is 1. The van der Waals surface area contributed by atoms with Gasteiger partial charge in [0.05, 0.1) is 0 Å². The average molecular weight is 208 g/mol. The number of carbonyl (C=O) groups excluding carboxylic acids is 1. The molecule has 1 aromatic heterocycles. The second-order valence-corrected chi connectivity index (χ2v) is 3.61. The summed E-state index contributed by atoms with van der Waals surface area (Å²) in [6.07, 6.45) is 1.77. The molecule has 15 heavy (non-hydrogen) atoms. The third-order valence-corrected chi connectivity index (χ3v) is 2.00. The highest BCUT2D eigenvalue weighted by Crippen LogP contribution is 2.14. The number of methoxy groups -OCH3 is 1. The van der Waals surface area contributed by atoms with E-state index in [0.29, 0.717) is 11.7 Å². The smallest absolute Gasteiger partial charge is 0.251 e. The van der Waals surface area contributed by atoms with Crippen molar-refractivity contribution in [1.29, 1.82) is 0 Å². The molecule has 0 spiro atoms. The summed E-state index contributed by atoms with van der Waals surface area (Å²) in [5.41, 5.74) is 1.15. The average Bonchev–Trinajstić information content (AvgIpc) is 2.18. The Hall–Kier alpha value is -1.42. The SMILES string of the molecule is COCC(=O)Nc1ccc(C(C)C)cn1. The van der Waals surface area contributed by atoms with Crippen molar-refractivity contribution >= 4 is 11.7 Å². The van der Waals surface area contributed by atoms with Crippen LogP contribution in [0.1, 0.15) is 25.3 Å². The minimum atomic E-state index is -0.192. The van der Waals surface area contributed by atoms with E-state index in [1.54, 1.807) is 12.3 Å². The summed E-state index contributed by atoms with van der Waals surface area (Å²) < 4.78 is 4.70. The van der Waals surface area contributed by atoms with Crippen LogP contribution in [0, 0.1) is 0 Å². The largest absolute Gasteiger partial charge is 0.375 e. The van der Waals surface area contributed by atoms with Crippen LogP contribution in [-0.2, 0) is 9.53 Å². The van der Waals surface area contributed by atoms with E-state index in [0.717, 1.165) is 5.56 Å². The number of pyridine rings is 1. The molecule has 0 aliphatic rings. The number of rotatable bonds is 4. The standard InChI is InChI=1S/C11H16N2O2/c1-8(2)9-4-5-10(12-6-9)13-11(14)7-15-3/h4-6,8H,7H2,1-3H3,(H,12,13,14). The zero-order chi connectivity index (χ0) is 11.3. The lowest BCUT2D eigenvalue weighted by Crippen LogP contribution is -2.17. The number of anilines is 1. The minimum absolute atomic E-state index is 0.0492. The maximum absolute atomic E-state index is 11.2. The molecule has 0 saturated heterocycles. The van der Waals surface area contributed by atoms with Gasteiger partial charge in [-0.05, 0) is 17.5 Å². The summed E-state index contributed by atoms with van der Waals surface area (Å²) in [6, 6.07) is 3.75. The van der Waals surface area contributed by atoms with Crippen LogP contribution in [0.15, 0.2) is 18.3 Å². The van der Waals surface area contributed by atoms with Crippen LogP contribution in [0.2, 0.25) is 0 Å². The second kappa shape index (κ2) is 5.46. The van der Waals surface area contributed by atoms with Crippen molar-refractivity contribution in [2.75, 3.05) is 19.0 Å². The van der Waals surface area contributed by atoms with Gasteiger partial charge in [-0.3, -0.25) is 4.79 Å². The van der Waals surface area contributed by atoms with Crippen molar-refractivity contribution in [3.8, 4) is 0 Å². The first-order valence-corrected chi connectivity index (χ1v) is 4.88. The summed E-state index contributed by atoms with van der Waals surface area (Å²) in [5.74, 6) is 0.810. The van der Waals surface area contributed by atoms with E-state index >= 15 is 0 Å². The van der Waals surface area contributed by atoms with Crippen LogP contribution in [0.25, 0.3) is 0 Å². The molecule has 1 N–H and O–H groups in total. The number of hydrogen-bond donors (Lipinski definition) is 1. The number of amides is 1. The topological polar surface area (TPSA) is 51.2 Å². The van der Waals surface area contributed by atoms with Gasteiger partial charge >= 0.3 is 0 Å². The molecule has 0 fully saturated rings. The van der Waals surface area contributed by atoms with Gasteiger partial charge in [0.2, 0.25) is 0 Å². The second-order valence-electron chi connectivity index (χ2n) is 3.61. The predicted molar refractivity (Wildman–Crippen MR) is 58.8 cm³/mol. The molecule has 1 heterocycles. The van der Waals surface area contributed by atoms with Crippen molar-refractivity contribution in [2.45, 2.75) is 19.8 Å². The molecule has 1 amide bonds. The highest BCUT2D eigenvalue weighted by Gasteiger charge is 2.03. The lowest BCUT2D eigenvalue weighted by molar-refractivity contribution is -0.119. The summed E-state index contributed by atoms with van der Waals surface area (Å²) in [4.78, 5) is 15.3. The van der Waals surface area contributed by atoms with E-state index in [1.165, 1.54) is 7.11 Å². The summed E-state index contributed by atoms with van der Waals surface area (Å²) >= 11 is 0. The molecule has 0 aromatic carbocycles. The third kappa shape index (κ3) is 3.67. The van der Waals surface area contributed by atoms with Gasteiger partial charge < -0.3 is 10.1 Å². The monoisotopic (exact) mass is 208 g/mol. The van der Waals surface area contributed by atoms with Gasteiger partial charge in [0.1, 0.15) is 12.4 Å². The molecule has 4 heteroatoms. The first-order valence-electron chi connectivity index (χ1n) is 4.88. The lowest BCUT2D eigenvalue weighted by Gasteiger charge is -2.06. The van der Waals surface area contributed by atoms with E-state index in [2.05, 4.69) is 24.1 Å². The van der Waals surface area contributed by atoms with Crippen molar-refractivity contribution in [2.24, 2.45) is 0 Å². The summed E-state index contributed by atoms with van der Waals surface area (Å²) in [5, 5.41) is 2.63. The molecular weight excluding hydrogens is 192 g/mol. The highest BCUT2D eigenvalue weighted by molar-refractivity contribution is 5.90. The minimum Gasteiger partial charge on any atom is -0.375 e. The van der Waals surface area contributed by atoms with E-state index in [4.69, 9.17) is 4.74 Å². The van der Waals surface area contributed by atoms with Crippen molar-refractivity contribution in [1.82, 2.24) is 4.98 Å². The molecule has 0 unspecified atom stereocenters. The van der Waals surface area contributed by atoms with Gasteiger partial charge in [-0.2, -0.15) is 0 Å². The van der Waals surface area contributed by atoms with Gasteiger partial charge in [-0.15, -0.1) is 0 Å². The molecular formula is C11H16N2O2. The molecule has 0 aliphatic carbocycles. The molecule has 1 aromatic rings. The number of ether oxygens (including phenoxy) is 1. The Bertz CT molecular complexity index is 320. The van der Waals surface area contributed by atoms with Crippen LogP contribution in [0.5, 0.6) is 0 Å². The van der Waals surface area contributed by atoms with E-state index in [9.17, 15) is 4.79 Å². The fourth-order valence-electron chi connectivity index (χ4n) is 1.13. The fourth-order valence-corrected chi connectivity index (χ4v) is 1.13. The van der Waals surface area contributed by atoms with E-state index < -0.39 is 0 Å². The number of hydrogen-bond acceptors (Lipinski definition) is 3. The maximum Gasteiger partial charge on any atom is 0.251 e. The molecule has 0 atom stereocenters. The van der Waals surface area contributed by atoms with Gasteiger partial charge in [0.15, 0.2) is 0 Å². The quantitative estimate of drug-likeness (QED) is 0.820. The molecule has 0 radical (unpaired) electrons. The Morgan fingerprint density at radius 1 is 1.53 bits per heavy atom. The Morgan fingerprint density at radius 3 is 2.73 bits per heavy atom. The molecule has 0 bridgehead atoms. The highest BCUT2D eigenvalue weighted by atomic mass is 16.5. The molecule has 1 rings (SSSR count). The summed E-state index contributed by atoms with van der Waals surface area (Å²) in [7, 11) is 1.48. The zero-order valence-electron chi connectivity index (χ0n) is 9.28. The fraction of sp³-hybridized carbons (Fsp3) is 0.455. The van der Waals surface area contributed by atoms with Crippen molar-refractivity contribution < 1.29 is 9.53 Å². The first kappa shape index (κ1) is 11.7. The number of nitrogens with zero attached hydrogens (tertiary/aromatic N) is 1. The van der Waals surface area contributed by atoms with Crippen molar-refractivity contribution in [3.05, 3.63) is 23.9 Å². The van der Waals surface area contributed by atoms with Crippen LogP contribution in [0.3, 0.4) is 0 Å². The number of nitrogens with one attached hydrogen (secondary N) is 1. The lowest BCUT2D eigenvalue weighted by atomic mass is 10.1. The predicted octanol–water partition coefficient (Wildman–Crippen LogP) is 1.79. The Labute approximate surface area is 89.7 Å². The van der Waals surface area contributed by atoms with E-state index in [1.807, 2.05) is 6.07 Å². The number of carbonyl (C=O) groups is 1. The zero-order valence-corrected chi connectivity index (χ0v) is 9.28. The van der Waals surface area contributed by atoms with Crippen LogP contribution in [0.4, 0.5) is 5.82 Å². The van der Waals surface area contributed by atoms with Crippen LogP contribution >= 0.6 is 0 Å². The third-order valence-electron chi connectivity index (χ3n) is 2.00. The molecule has 82 valence electrons. The van der Waals surface area contributed by atoms with Crippen LogP contribution < -0.4 is 5.32 Å².